The highest BCUT2D eigenvalue weighted by Gasteiger charge is 2.14. The monoisotopic (exact) mass is 289 g/mol. The highest BCUT2D eigenvalue weighted by atomic mass is 127. The number of halogens is 1. The molecule has 3 nitrogen and oxygen atoms in total. The zero-order chi connectivity index (χ0) is 9.10. The fourth-order valence-corrected chi connectivity index (χ4v) is 1.92. The van der Waals surface area contributed by atoms with Gasteiger partial charge in [0.25, 0.3) is 0 Å². The summed E-state index contributed by atoms with van der Waals surface area (Å²) in [5, 5.41) is 3.34. The highest BCUT2D eigenvalue weighted by Crippen LogP contribution is 2.20. The van der Waals surface area contributed by atoms with E-state index < -0.39 is 0 Å². The maximum atomic E-state index is 4.21. The van der Waals surface area contributed by atoms with E-state index in [1.165, 1.54) is 25.7 Å². The van der Waals surface area contributed by atoms with Crippen molar-refractivity contribution in [3.63, 3.8) is 0 Å². The molecule has 0 saturated heterocycles. The Hall–Kier alpha value is -0.390. The minimum atomic E-state index is 0.597. The number of nitrogens with zero attached hydrogens (tertiary/aromatic N) is 2. The molecule has 1 heterocycles. The van der Waals surface area contributed by atoms with Crippen molar-refractivity contribution in [3.05, 3.63) is 16.0 Å². The maximum absolute atomic E-state index is 4.21. The lowest BCUT2D eigenvalue weighted by atomic mass is 10.3. The van der Waals surface area contributed by atoms with E-state index in [4.69, 9.17) is 0 Å². The fourth-order valence-electron chi connectivity index (χ4n) is 1.64. The molecule has 1 N–H and O–H groups in total. The number of anilines is 1. The molecule has 4 heteroatoms. The third-order valence-electron chi connectivity index (χ3n) is 2.31. The lowest BCUT2D eigenvalue weighted by molar-refractivity contribution is 0.743. The number of hydrogen-bond acceptors (Lipinski definition) is 3. The molecule has 1 aliphatic carbocycles. The highest BCUT2D eigenvalue weighted by molar-refractivity contribution is 14.1. The summed E-state index contributed by atoms with van der Waals surface area (Å²) in [4.78, 5) is 8.42. The number of hydrogen-bond donors (Lipinski definition) is 1. The van der Waals surface area contributed by atoms with Crippen LogP contribution >= 0.6 is 22.6 Å². The normalized spacial score (nSPS) is 17.6. The van der Waals surface area contributed by atoms with Crippen molar-refractivity contribution in [2.24, 2.45) is 0 Å². The largest absolute Gasteiger partial charge is 0.351 e. The molecule has 13 heavy (non-hydrogen) atoms. The molecular formula is C9H12IN3. The van der Waals surface area contributed by atoms with Crippen LogP contribution in [-0.4, -0.2) is 16.0 Å². The predicted octanol–water partition coefficient (Wildman–Crippen LogP) is 2.44. The molecule has 0 radical (unpaired) electrons. The summed E-state index contributed by atoms with van der Waals surface area (Å²) >= 11 is 2.21. The second-order valence-corrected chi connectivity index (χ2v) is 4.60. The molecule has 1 aromatic rings. The minimum absolute atomic E-state index is 0.597. The lowest BCUT2D eigenvalue weighted by Crippen LogP contribution is -2.16. The van der Waals surface area contributed by atoms with Crippen LogP contribution in [0.25, 0.3) is 0 Å². The lowest BCUT2D eigenvalue weighted by Gasteiger charge is -2.10. The Balaban J connectivity index is 1.97. The van der Waals surface area contributed by atoms with Gasteiger partial charge in [-0.3, -0.25) is 0 Å². The molecule has 0 bridgehead atoms. The van der Waals surface area contributed by atoms with Gasteiger partial charge in [-0.25, -0.2) is 9.97 Å². The molecule has 0 unspecified atom stereocenters. The van der Waals surface area contributed by atoms with Crippen molar-refractivity contribution >= 4 is 28.5 Å². The summed E-state index contributed by atoms with van der Waals surface area (Å²) in [6.45, 7) is 0. The van der Waals surface area contributed by atoms with Crippen LogP contribution in [0, 0.1) is 3.57 Å². The number of nitrogens with one attached hydrogen (secondary N) is 1. The molecule has 70 valence electrons. The van der Waals surface area contributed by atoms with Crippen LogP contribution in [0.15, 0.2) is 12.4 Å². The smallest absolute Gasteiger partial charge is 0.222 e. The Morgan fingerprint density at radius 1 is 1.23 bits per heavy atom. The Bertz CT molecular complexity index is 267. The van der Waals surface area contributed by atoms with Gasteiger partial charge in [-0.15, -0.1) is 0 Å². The molecule has 2 rings (SSSR count). The van der Waals surface area contributed by atoms with E-state index in [0.29, 0.717) is 6.04 Å². The van der Waals surface area contributed by atoms with Gasteiger partial charge in [-0.1, -0.05) is 12.8 Å². The van der Waals surface area contributed by atoms with Crippen molar-refractivity contribution < 1.29 is 0 Å². The molecule has 1 saturated carbocycles. The van der Waals surface area contributed by atoms with Crippen LogP contribution < -0.4 is 5.32 Å². The number of rotatable bonds is 2. The third kappa shape index (κ3) is 2.52. The molecule has 1 fully saturated rings. The van der Waals surface area contributed by atoms with Gasteiger partial charge >= 0.3 is 0 Å². The second kappa shape index (κ2) is 4.21. The summed E-state index contributed by atoms with van der Waals surface area (Å²) in [5.74, 6) is 0.771. The topological polar surface area (TPSA) is 37.8 Å². The van der Waals surface area contributed by atoms with Gasteiger partial charge in [0.1, 0.15) is 0 Å². The first-order chi connectivity index (χ1) is 6.34. The Labute approximate surface area is 91.5 Å². The van der Waals surface area contributed by atoms with Crippen molar-refractivity contribution in [2.75, 3.05) is 5.32 Å². The van der Waals surface area contributed by atoms with E-state index in [9.17, 15) is 0 Å². The zero-order valence-corrected chi connectivity index (χ0v) is 9.49. The molecule has 0 amide bonds. The van der Waals surface area contributed by atoms with Crippen LogP contribution in [0.5, 0.6) is 0 Å². The van der Waals surface area contributed by atoms with E-state index in [1.54, 1.807) is 0 Å². The standard InChI is InChI=1S/C9H12IN3/c10-7-5-11-9(12-6-7)13-8-3-1-2-4-8/h5-6,8H,1-4H2,(H,11,12,13). The molecular weight excluding hydrogens is 277 g/mol. The van der Waals surface area contributed by atoms with Crippen LogP contribution in [0.3, 0.4) is 0 Å². The quantitative estimate of drug-likeness (QED) is 0.850. The first kappa shape index (κ1) is 9.18. The van der Waals surface area contributed by atoms with E-state index in [-0.39, 0.29) is 0 Å². The van der Waals surface area contributed by atoms with E-state index in [0.717, 1.165) is 9.52 Å². The van der Waals surface area contributed by atoms with Crippen molar-refractivity contribution in [1.82, 2.24) is 9.97 Å². The van der Waals surface area contributed by atoms with E-state index in [1.807, 2.05) is 12.4 Å². The average molecular weight is 289 g/mol. The van der Waals surface area contributed by atoms with Gasteiger partial charge in [0, 0.05) is 22.0 Å². The van der Waals surface area contributed by atoms with Crippen molar-refractivity contribution in [1.29, 1.82) is 0 Å². The van der Waals surface area contributed by atoms with Crippen LogP contribution in [0.4, 0.5) is 5.95 Å². The van der Waals surface area contributed by atoms with Crippen LogP contribution in [0.1, 0.15) is 25.7 Å². The first-order valence-electron chi connectivity index (χ1n) is 4.59. The molecule has 0 spiro atoms. The predicted molar refractivity (Wildman–Crippen MR) is 60.6 cm³/mol. The molecule has 0 aromatic carbocycles. The van der Waals surface area contributed by atoms with Gasteiger partial charge in [0.05, 0.1) is 0 Å². The third-order valence-corrected chi connectivity index (χ3v) is 2.87. The van der Waals surface area contributed by atoms with Gasteiger partial charge in [0.2, 0.25) is 5.95 Å². The van der Waals surface area contributed by atoms with Crippen LogP contribution in [-0.2, 0) is 0 Å². The Morgan fingerprint density at radius 3 is 2.46 bits per heavy atom. The van der Waals surface area contributed by atoms with Gasteiger partial charge in [0.15, 0.2) is 0 Å². The van der Waals surface area contributed by atoms with Crippen LogP contribution in [0.2, 0.25) is 0 Å². The second-order valence-electron chi connectivity index (χ2n) is 3.35. The van der Waals surface area contributed by atoms with E-state index >= 15 is 0 Å². The first-order valence-corrected chi connectivity index (χ1v) is 5.66. The average Bonchev–Trinajstić information content (AvgIpc) is 2.62. The van der Waals surface area contributed by atoms with Gasteiger partial charge in [-0.2, -0.15) is 0 Å². The SMILES string of the molecule is Ic1cnc(NC2CCCC2)nc1. The van der Waals surface area contributed by atoms with Crippen molar-refractivity contribution in [2.45, 2.75) is 31.7 Å². The van der Waals surface area contributed by atoms with E-state index in [2.05, 4.69) is 37.9 Å². The Kier molecular flexibility index (Phi) is 2.97. The van der Waals surface area contributed by atoms with Gasteiger partial charge < -0.3 is 5.32 Å². The summed E-state index contributed by atoms with van der Waals surface area (Å²) < 4.78 is 1.08. The van der Waals surface area contributed by atoms with Crippen molar-refractivity contribution in [3.8, 4) is 0 Å². The molecule has 0 atom stereocenters. The summed E-state index contributed by atoms with van der Waals surface area (Å²) in [6, 6.07) is 0.597. The minimum Gasteiger partial charge on any atom is -0.351 e. The maximum Gasteiger partial charge on any atom is 0.222 e. The molecule has 1 aromatic heterocycles. The molecule has 1 aliphatic rings. The zero-order valence-electron chi connectivity index (χ0n) is 7.33. The fraction of sp³-hybridized carbons (Fsp3) is 0.556. The Morgan fingerprint density at radius 2 is 1.85 bits per heavy atom. The van der Waals surface area contributed by atoms with Gasteiger partial charge in [-0.05, 0) is 35.4 Å². The summed E-state index contributed by atoms with van der Waals surface area (Å²) in [6.07, 6.45) is 8.87. The summed E-state index contributed by atoms with van der Waals surface area (Å²) in [5.41, 5.74) is 0. The number of aromatic nitrogens is 2. The summed E-state index contributed by atoms with van der Waals surface area (Å²) in [7, 11) is 0. The molecule has 0 aliphatic heterocycles.